The lowest BCUT2D eigenvalue weighted by molar-refractivity contribution is -0.0165. The summed E-state index contributed by atoms with van der Waals surface area (Å²) < 4.78 is 0. The van der Waals surface area contributed by atoms with Gasteiger partial charge in [-0.1, -0.05) is 46.3 Å². The molecule has 0 spiro atoms. The van der Waals surface area contributed by atoms with Crippen LogP contribution in [0, 0.1) is 0 Å². The molecular weight excluding hydrogens is 290 g/mol. The van der Waals surface area contributed by atoms with Gasteiger partial charge in [0.15, 0.2) is 0 Å². The predicted molar refractivity (Wildman–Crippen MR) is 79.3 cm³/mol. The number of benzene rings is 1. The monoisotopic (exact) mass is 311 g/mol. The van der Waals surface area contributed by atoms with Crippen molar-refractivity contribution in [3.8, 4) is 0 Å². The number of rotatable bonds is 4. The molecule has 1 aliphatic rings. The molecule has 1 heterocycles. The highest BCUT2D eigenvalue weighted by Gasteiger charge is 2.29. The highest BCUT2D eigenvalue weighted by atomic mass is 79.9. The van der Waals surface area contributed by atoms with Gasteiger partial charge in [-0.3, -0.25) is 4.90 Å². The standard InChI is InChI=1S/C15H22BrNO/c1-15(18)8-5-9-17(12-15)11-14(10-16)13-6-3-2-4-7-13/h2-4,6-7,14,18H,5,8-12H2,1H3. The summed E-state index contributed by atoms with van der Waals surface area (Å²) in [7, 11) is 0. The van der Waals surface area contributed by atoms with Gasteiger partial charge in [-0.05, 0) is 31.9 Å². The van der Waals surface area contributed by atoms with Crippen LogP contribution in [0.4, 0.5) is 0 Å². The summed E-state index contributed by atoms with van der Waals surface area (Å²) >= 11 is 3.62. The summed E-state index contributed by atoms with van der Waals surface area (Å²) in [6, 6.07) is 10.6. The van der Waals surface area contributed by atoms with Crippen LogP contribution >= 0.6 is 15.9 Å². The van der Waals surface area contributed by atoms with E-state index in [4.69, 9.17) is 0 Å². The van der Waals surface area contributed by atoms with Crippen molar-refractivity contribution in [1.29, 1.82) is 0 Å². The zero-order valence-electron chi connectivity index (χ0n) is 11.0. The van der Waals surface area contributed by atoms with Gasteiger partial charge in [0.05, 0.1) is 5.60 Å². The summed E-state index contributed by atoms with van der Waals surface area (Å²) in [6.45, 7) is 4.87. The number of halogens is 1. The van der Waals surface area contributed by atoms with Crippen molar-refractivity contribution < 1.29 is 5.11 Å². The zero-order chi connectivity index (χ0) is 13.0. The van der Waals surface area contributed by atoms with Crippen molar-refractivity contribution in [2.45, 2.75) is 31.3 Å². The van der Waals surface area contributed by atoms with Crippen LogP contribution in [-0.4, -0.2) is 40.6 Å². The van der Waals surface area contributed by atoms with E-state index in [0.29, 0.717) is 5.92 Å². The van der Waals surface area contributed by atoms with Crippen LogP contribution in [-0.2, 0) is 0 Å². The Morgan fingerprint density at radius 2 is 2.11 bits per heavy atom. The van der Waals surface area contributed by atoms with Crippen molar-refractivity contribution in [2.24, 2.45) is 0 Å². The zero-order valence-corrected chi connectivity index (χ0v) is 12.6. The number of β-amino-alcohol motifs (C(OH)–C–C–N with tert-alkyl or cyclic N) is 1. The second-order valence-corrected chi connectivity index (χ2v) is 6.25. The van der Waals surface area contributed by atoms with E-state index in [-0.39, 0.29) is 0 Å². The van der Waals surface area contributed by atoms with Gasteiger partial charge in [0, 0.05) is 24.3 Å². The van der Waals surface area contributed by atoms with E-state index in [1.165, 1.54) is 5.56 Å². The van der Waals surface area contributed by atoms with E-state index in [1.807, 2.05) is 6.92 Å². The Hall–Kier alpha value is -0.380. The number of aliphatic hydroxyl groups is 1. The van der Waals surface area contributed by atoms with E-state index < -0.39 is 5.60 Å². The number of alkyl halides is 1. The van der Waals surface area contributed by atoms with Crippen molar-refractivity contribution in [3.63, 3.8) is 0 Å². The third kappa shape index (κ3) is 3.81. The highest BCUT2D eigenvalue weighted by Crippen LogP contribution is 2.25. The molecule has 2 rings (SSSR count). The Bertz CT molecular complexity index is 366. The Labute approximate surface area is 118 Å². The second-order valence-electron chi connectivity index (χ2n) is 5.60. The minimum Gasteiger partial charge on any atom is -0.389 e. The summed E-state index contributed by atoms with van der Waals surface area (Å²) in [6.07, 6.45) is 2.02. The Morgan fingerprint density at radius 1 is 1.39 bits per heavy atom. The summed E-state index contributed by atoms with van der Waals surface area (Å²) in [5.41, 5.74) is 0.866. The van der Waals surface area contributed by atoms with E-state index in [9.17, 15) is 5.11 Å². The van der Waals surface area contributed by atoms with E-state index >= 15 is 0 Å². The van der Waals surface area contributed by atoms with Crippen LogP contribution in [0.2, 0.25) is 0 Å². The molecule has 1 fully saturated rings. The average molecular weight is 312 g/mol. The lowest BCUT2D eigenvalue weighted by Crippen LogP contribution is -2.47. The van der Waals surface area contributed by atoms with Gasteiger partial charge in [0.25, 0.3) is 0 Å². The normalized spacial score (nSPS) is 27.1. The van der Waals surface area contributed by atoms with Crippen LogP contribution < -0.4 is 0 Å². The number of hydrogen-bond donors (Lipinski definition) is 1. The van der Waals surface area contributed by atoms with Crippen molar-refractivity contribution in [2.75, 3.05) is 25.0 Å². The molecule has 1 aromatic carbocycles. The molecule has 0 amide bonds. The number of nitrogens with zero attached hydrogens (tertiary/aromatic N) is 1. The van der Waals surface area contributed by atoms with Gasteiger partial charge in [-0.2, -0.15) is 0 Å². The fourth-order valence-electron chi connectivity index (χ4n) is 2.76. The molecule has 1 N–H and O–H groups in total. The van der Waals surface area contributed by atoms with Gasteiger partial charge < -0.3 is 5.11 Å². The Morgan fingerprint density at radius 3 is 2.72 bits per heavy atom. The predicted octanol–water partition coefficient (Wildman–Crippen LogP) is 3.01. The van der Waals surface area contributed by atoms with Crippen LogP contribution in [0.1, 0.15) is 31.2 Å². The largest absolute Gasteiger partial charge is 0.389 e. The average Bonchev–Trinajstić information content (AvgIpc) is 2.36. The van der Waals surface area contributed by atoms with Crippen LogP contribution in [0.15, 0.2) is 30.3 Å². The molecule has 3 heteroatoms. The topological polar surface area (TPSA) is 23.5 Å². The quantitative estimate of drug-likeness (QED) is 0.864. The molecule has 1 aromatic rings. The van der Waals surface area contributed by atoms with Crippen LogP contribution in [0.25, 0.3) is 0 Å². The van der Waals surface area contributed by atoms with E-state index in [0.717, 1.165) is 37.8 Å². The summed E-state index contributed by atoms with van der Waals surface area (Å²) in [4.78, 5) is 2.39. The van der Waals surface area contributed by atoms with Crippen molar-refractivity contribution in [1.82, 2.24) is 4.90 Å². The Kier molecular flexibility index (Phi) is 4.82. The Balaban J connectivity index is 1.98. The maximum atomic E-state index is 10.1. The lowest BCUT2D eigenvalue weighted by atomic mass is 9.93. The van der Waals surface area contributed by atoms with Gasteiger partial charge in [0.1, 0.15) is 0 Å². The van der Waals surface area contributed by atoms with E-state index in [2.05, 4.69) is 51.2 Å². The first kappa shape index (κ1) is 14.0. The molecule has 2 atom stereocenters. The second kappa shape index (κ2) is 6.18. The number of piperidine rings is 1. The molecule has 0 aliphatic carbocycles. The fraction of sp³-hybridized carbons (Fsp3) is 0.600. The van der Waals surface area contributed by atoms with Gasteiger partial charge in [-0.25, -0.2) is 0 Å². The molecule has 18 heavy (non-hydrogen) atoms. The molecule has 0 radical (unpaired) electrons. The molecule has 2 unspecified atom stereocenters. The molecular formula is C15H22BrNO. The maximum Gasteiger partial charge on any atom is 0.0746 e. The first-order valence-corrected chi connectivity index (χ1v) is 7.78. The lowest BCUT2D eigenvalue weighted by Gasteiger charge is -2.38. The third-order valence-electron chi connectivity index (χ3n) is 3.69. The van der Waals surface area contributed by atoms with Crippen molar-refractivity contribution in [3.05, 3.63) is 35.9 Å². The minimum absolute atomic E-state index is 0.500. The summed E-state index contributed by atoms with van der Waals surface area (Å²) in [5, 5.41) is 11.1. The van der Waals surface area contributed by atoms with Crippen LogP contribution in [0.3, 0.4) is 0 Å². The molecule has 100 valence electrons. The molecule has 0 saturated carbocycles. The SMILES string of the molecule is CC1(O)CCCN(CC(CBr)c2ccccc2)C1. The molecule has 0 aromatic heterocycles. The van der Waals surface area contributed by atoms with Gasteiger partial charge in [-0.15, -0.1) is 0 Å². The first-order chi connectivity index (χ1) is 8.61. The molecule has 0 bridgehead atoms. The molecule has 2 nitrogen and oxygen atoms in total. The van der Waals surface area contributed by atoms with E-state index in [1.54, 1.807) is 0 Å². The molecule has 1 saturated heterocycles. The highest BCUT2D eigenvalue weighted by molar-refractivity contribution is 9.09. The van der Waals surface area contributed by atoms with Gasteiger partial charge >= 0.3 is 0 Å². The minimum atomic E-state index is -0.508. The number of hydrogen-bond acceptors (Lipinski definition) is 2. The molecule has 1 aliphatic heterocycles. The fourth-order valence-corrected chi connectivity index (χ4v) is 3.34. The van der Waals surface area contributed by atoms with Gasteiger partial charge in [0.2, 0.25) is 0 Å². The smallest absolute Gasteiger partial charge is 0.0746 e. The summed E-state index contributed by atoms with van der Waals surface area (Å²) in [5.74, 6) is 0.500. The van der Waals surface area contributed by atoms with Crippen molar-refractivity contribution >= 4 is 15.9 Å². The first-order valence-electron chi connectivity index (χ1n) is 6.66. The third-order valence-corrected chi connectivity index (χ3v) is 4.47. The van der Waals surface area contributed by atoms with Crippen LogP contribution in [0.5, 0.6) is 0 Å². The number of likely N-dealkylation sites (tertiary alicyclic amines) is 1. The maximum absolute atomic E-state index is 10.1.